The molecule has 3 rings (SSSR count). The summed E-state index contributed by atoms with van der Waals surface area (Å²) in [5.41, 5.74) is 3.12. The van der Waals surface area contributed by atoms with Gasteiger partial charge in [0.05, 0.1) is 13.4 Å². The SMILES string of the molecule is COC(=O)C1OC=C2C=CCC/C2=C2\C=CC(Cl)=CC2O1. The lowest BCUT2D eigenvalue weighted by atomic mass is 9.87. The molecule has 1 aliphatic heterocycles. The molecule has 3 aliphatic rings. The molecule has 0 radical (unpaired) electrons. The Bertz CT molecular complexity index is 610. The van der Waals surface area contributed by atoms with E-state index in [1.54, 1.807) is 12.3 Å². The van der Waals surface area contributed by atoms with E-state index in [1.165, 1.54) is 7.11 Å². The molecule has 0 fully saturated rings. The van der Waals surface area contributed by atoms with Crippen LogP contribution in [0.5, 0.6) is 0 Å². The van der Waals surface area contributed by atoms with Crippen LogP contribution in [-0.4, -0.2) is 25.5 Å². The van der Waals surface area contributed by atoms with Gasteiger partial charge in [-0.2, -0.15) is 0 Å². The summed E-state index contributed by atoms with van der Waals surface area (Å²) in [6, 6.07) is 0. The van der Waals surface area contributed by atoms with Gasteiger partial charge in [0, 0.05) is 10.6 Å². The van der Waals surface area contributed by atoms with Gasteiger partial charge >= 0.3 is 5.97 Å². The van der Waals surface area contributed by atoms with Gasteiger partial charge in [-0.3, -0.25) is 0 Å². The van der Waals surface area contributed by atoms with E-state index in [1.807, 2.05) is 18.2 Å². The lowest BCUT2D eigenvalue weighted by molar-refractivity contribution is -0.185. The zero-order valence-electron chi connectivity index (χ0n) is 11.5. The van der Waals surface area contributed by atoms with Crippen LogP contribution in [0.1, 0.15) is 12.8 Å². The smallest absolute Gasteiger partial charge is 0.376 e. The first kappa shape index (κ1) is 14.2. The minimum absolute atomic E-state index is 0.420. The maximum atomic E-state index is 11.7. The van der Waals surface area contributed by atoms with Crippen LogP contribution in [0.15, 0.2) is 58.4 Å². The van der Waals surface area contributed by atoms with E-state index >= 15 is 0 Å². The van der Waals surface area contributed by atoms with Gasteiger partial charge < -0.3 is 14.2 Å². The number of carbonyl (C=O) groups excluding carboxylic acids is 1. The molecule has 0 aromatic heterocycles. The van der Waals surface area contributed by atoms with Crippen molar-refractivity contribution in [3.8, 4) is 0 Å². The third-order valence-electron chi connectivity index (χ3n) is 3.58. The second kappa shape index (κ2) is 5.92. The Labute approximate surface area is 128 Å². The Morgan fingerprint density at radius 2 is 2.24 bits per heavy atom. The first-order valence-electron chi connectivity index (χ1n) is 6.73. The van der Waals surface area contributed by atoms with Gasteiger partial charge in [0.15, 0.2) is 0 Å². The fraction of sp³-hybridized carbons (Fsp3) is 0.312. The number of carbonyl (C=O) groups is 1. The van der Waals surface area contributed by atoms with Gasteiger partial charge in [0.25, 0.3) is 6.29 Å². The minimum Gasteiger partial charge on any atom is -0.464 e. The molecule has 1 heterocycles. The molecule has 0 aromatic rings. The second-order valence-electron chi connectivity index (χ2n) is 4.88. The summed E-state index contributed by atoms with van der Waals surface area (Å²) in [6.45, 7) is 0. The molecule has 2 atom stereocenters. The number of halogens is 1. The van der Waals surface area contributed by atoms with Gasteiger partial charge in [-0.05, 0) is 36.1 Å². The molecule has 2 unspecified atom stereocenters. The monoisotopic (exact) mass is 306 g/mol. The maximum absolute atomic E-state index is 11.7. The van der Waals surface area contributed by atoms with E-state index in [2.05, 4.69) is 6.08 Å². The lowest BCUT2D eigenvalue weighted by Gasteiger charge is -2.29. The number of hydrogen-bond donors (Lipinski definition) is 0. The largest absolute Gasteiger partial charge is 0.464 e. The Kier molecular flexibility index (Phi) is 3.99. The maximum Gasteiger partial charge on any atom is 0.376 e. The van der Waals surface area contributed by atoms with E-state index in [0.717, 1.165) is 29.6 Å². The van der Waals surface area contributed by atoms with E-state index in [-0.39, 0.29) is 0 Å². The highest BCUT2D eigenvalue weighted by Crippen LogP contribution is 2.34. The Morgan fingerprint density at radius 3 is 3.05 bits per heavy atom. The number of rotatable bonds is 1. The number of allylic oxidation sites excluding steroid dienone is 6. The molecule has 5 heteroatoms. The molecule has 0 N–H and O–H groups in total. The highest BCUT2D eigenvalue weighted by Gasteiger charge is 2.31. The van der Waals surface area contributed by atoms with Crippen molar-refractivity contribution in [3.63, 3.8) is 0 Å². The van der Waals surface area contributed by atoms with Crippen molar-refractivity contribution in [1.29, 1.82) is 0 Å². The van der Waals surface area contributed by atoms with Crippen LogP contribution in [0.2, 0.25) is 0 Å². The molecular formula is C16H15ClO4. The van der Waals surface area contributed by atoms with Gasteiger partial charge in [-0.15, -0.1) is 0 Å². The zero-order valence-corrected chi connectivity index (χ0v) is 12.3. The predicted octanol–water partition coefficient (Wildman–Crippen LogP) is 3.12. The third kappa shape index (κ3) is 2.82. The fourth-order valence-electron chi connectivity index (χ4n) is 2.55. The van der Waals surface area contributed by atoms with Crippen LogP contribution in [0.4, 0.5) is 0 Å². The van der Waals surface area contributed by atoms with Crippen molar-refractivity contribution in [3.05, 3.63) is 58.4 Å². The average Bonchev–Trinajstić information content (AvgIpc) is 2.49. The van der Waals surface area contributed by atoms with Crippen molar-refractivity contribution in [1.82, 2.24) is 0 Å². The fourth-order valence-corrected chi connectivity index (χ4v) is 2.73. The summed E-state index contributed by atoms with van der Waals surface area (Å²) in [6.07, 6.45) is 11.5. The van der Waals surface area contributed by atoms with E-state index < -0.39 is 18.4 Å². The molecule has 4 nitrogen and oxygen atoms in total. The minimum atomic E-state index is -1.11. The zero-order chi connectivity index (χ0) is 14.8. The number of methoxy groups -OCH3 is 1. The van der Waals surface area contributed by atoms with Crippen LogP contribution in [0, 0.1) is 0 Å². The van der Waals surface area contributed by atoms with Crippen LogP contribution in [-0.2, 0) is 19.0 Å². The van der Waals surface area contributed by atoms with Crippen molar-refractivity contribution in [2.24, 2.45) is 0 Å². The molecule has 0 aromatic carbocycles. The molecule has 110 valence electrons. The summed E-state index contributed by atoms with van der Waals surface area (Å²) < 4.78 is 15.9. The van der Waals surface area contributed by atoms with Crippen LogP contribution in [0.25, 0.3) is 0 Å². The van der Waals surface area contributed by atoms with Crippen molar-refractivity contribution in [2.45, 2.75) is 25.2 Å². The number of fused-ring (bicyclic) bond motifs is 2. The van der Waals surface area contributed by atoms with Gasteiger partial charge in [-0.1, -0.05) is 29.8 Å². The molecule has 0 spiro atoms. The standard InChI is InChI=1S/C16H15ClO4/c1-19-15(18)16-20-9-10-4-2-3-5-12(10)13-7-6-11(17)8-14(13)21-16/h2,4,6-9,14,16H,3,5H2,1H3/b10-9?,13-12-. The van der Waals surface area contributed by atoms with Crippen LogP contribution >= 0.6 is 11.6 Å². The lowest BCUT2D eigenvalue weighted by Crippen LogP contribution is -2.34. The van der Waals surface area contributed by atoms with E-state index in [9.17, 15) is 4.79 Å². The van der Waals surface area contributed by atoms with Gasteiger partial charge in [0.2, 0.25) is 0 Å². The normalized spacial score (nSPS) is 31.0. The Hall–Kier alpha value is -1.78. The molecule has 0 amide bonds. The number of hydrogen-bond acceptors (Lipinski definition) is 4. The average molecular weight is 307 g/mol. The van der Waals surface area contributed by atoms with Crippen LogP contribution < -0.4 is 0 Å². The van der Waals surface area contributed by atoms with Crippen LogP contribution in [0.3, 0.4) is 0 Å². The summed E-state index contributed by atoms with van der Waals surface area (Å²) in [4.78, 5) is 11.7. The molecular weight excluding hydrogens is 292 g/mol. The van der Waals surface area contributed by atoms with E-state index in [4.69, 9.17) is 25.8 Å². The number of esters is 1. The topological polar surface area (TPSA) is 44.8 Å². The van der Waals surface area contributed by atoms with Crippen molar-refractivity contribution >= 4 is 17.6 Å². The molecule has 2 aliphatic carbocycles. The first-order valence-corrected chi connectivity index (χ1v) is 7.11. The number of ether oxygens (including phenoxy) is 3. The summed E-state index contributed by atoms with van der Waals surface area (Å²) >= 11 is 6.05. The molecule has 0 bridgehead atoms. The van der Waals surface area contributed by atoms with Gasteiger partial charge in [-0.25, -0.2) is 4.79 Å². The quantitative estimate of drug-likeness (QED) is 0.698. The highest BCUT2D eigenvalue weighted by molar-refractivity contribution is 6.31. The summed E-state index contributed by atoms with van der Waals surface area (Å²) in [5, 5.41) is 0.574. The van der Waals surface area contributed by atoms with Gasteiger partial charge in [0.1, 0.15) is 6.10 Å². The Balaban J connectivity index is 2.04. The highest BCUT2D eigenvalue weighted by atomic mass is 35.5. The molecule has 21 heavy (non-hydrogen) atoms. The summed E-state index contributed by atoms with van der Waals surface area (Å²) in [7, 11) is 1.30. The Morgan fingerprint density at radius 1 is 1.38 bits per heavy atom. The van der Waals surface area contributed by atoms with Crippen molar-refractivity contribution < 1.29 is 19.0 Å². The second-order valence-corrected chi connectivity index (χ2v) is 5.32. The molecule has 0 saturated heterocycles. The summed E-state index contributed by atoms with van der Waals surface area (Å²) in [5.74, 6) is -0.575. The molecule has 0 saturated carbocycles. The third-order valence-corrected chi connectivity index (χ3v) is 3.83. The van der Waals surface area contributed by atoms with Crippen molar-refractivity contribution in [2.75, 3.05) is 7.11 Å². The predicted molar refractivity (Wildman–Crippen MR) is 78.3 cm³/mol. The van der Waals surface area contributed by atoms with E-state index in [0.29, 0.717) is 5.03 Å². The first-order chi connectivity index (χ1) is 10.2.